The first-order valence-electron chi connectivity index (χ1n) is 6.12. The number of hydrogen-bond donors (Lipinski definition) is 0. The quantitative estimate of drug-likeness (QED) is 0.676. The Hall–Kier alpha value is -2.25. The van der Waals surface area contributed by atoms with E-state index in [1.165, 1.54) is 0 Å². The van der Waals surface area contributed by atoms with Crippen molar-refractivity contribution in [3.8, 4) is 0 Å². The van der Waals surface area contributed by atoms with Gasteiger partial charge in [-0.05, 0) is 31.5 Å². The molecule has 110 valence electrons. The summed E-state index contributed by atoms with van der Waals surface area (Å²) in [5, 5.41) is 4.38. The summed E-state index contributed by atoms with van der Waals surface area (Å²) in [4.78, 5) is 7.92. The Morgan fingerprint density at radius 3 is 2.33 bits per heavy atom. The number of pyridine rings is 1. The lowest BCUT2D eigenvalue weighted by Gasteiger charge is -2.06. The van der Waals surface area contributed by atoms with Gasteiger partial charge in [-0.2, -0.15) is 0 Å². The SMILES string of the molecule is Cc1cc(C)c2c(n1)nn1c(C(F)F)cc(C(F)F)nc21. The van der Waals surface area contributed by atoms with Gasteiger partial charge in [0.25, 0.3) is 12.9 Å². The molecule has 3 aromatic heterocycles. The maximum atomic E-state index is 13.1. The highest BCUT2D eigenvalue weighted by molar-refractivity contribution is 5.92. The third-order valence-electron chi connectivity index (χ3n) is 3.17. The van der Waals surface area contributed by atoms with Crippen molar-refractivity contribution in [2.75, 3.05) is 0 Å². The van der Waals surface area contributed by atoms with Crippen LogP contribution in [-0.2, 0) is 0 Å². The Bertz CT molecular complexity index is 841. The lowest BCUT2D eigenvalue weighted by Crippen LogP contribution is -2.04. The second-order valence-corrected chi connectivity index (χ2v) is 4.72. The van der Waals surface area contributed by atoms with E-state index in [1.54, 1.807) is 19.9 Å². The van der Waals surface area contributed by atoms with E-state index in [0.29, 0.717) is 22.7 Å². The lowest BCUT2D eigenvalue weighted by molar-refractivity contribution is 0.135. The third kappa shape index (κ3) is 2.10. The molecule has 21 heavy (non-hydrogen) atoms. The topological polar surface area (TPSA) is 43.1 Å². The first-order chi connectivity index (χ1) is 9.88. The second-order valence-electron chi connectivity index (χ2n) is 4.72. The van der Waals surface area contributed by atoms with E-state index in [9.17, 15) is 17.6 Å². The van der Waals surface area contributed by atoms with Gasteiger partial charge in [-0.1, -0.05) is 0 Å². The first kappa shape index (κ1) is 13.7. The predicted octanol–water partition coefficient (Wildman–Crippen LogP) is 3.77. The summed E-state index contributed by atoms with van der Waals surface area (Å²) in [7, 11) is 0. The Labute approximate surface area is 116 Å². The van der Waals surface area contributed by atoms with Crippen molar-refractivity contribution in [2.24, 2.45) is 0 Å². The van der Waals surface area contributed by atoms with Crippen LogP contribution in [0.2, 0.25) is 0 Å². The molecule has 0 aliphatic rings. The molecular weight excluding hydrogens is 288 g/mol. The highest BCUT2D eigenvalue weighted by Gasteiger charge is 2.22. The molecule has 3 heterocycles. The number of halogens is 4. The highest BCUT2D eigenvalue weighted by atomic mass is 19.3. The first-order valence-corrected chi connectivity index (χ1v) is 6.12. The fraction of sp³-hybridized carbons (Fsp3) is 0.308. The van der Waals surface area contributed by atoms with E-state index in [2.05, 4.69) is 15.1 Å². The molecule has 0 fully saturated rings. The van der Waals surface area contributed by atoms with Crippen LogP contribution in [0.3, 0.4) is 0 Å². The number of aryl methyl sites for hydroxylation is 2. The Morgan fingerprint density at radius 1 is 1.00 bits per heavy atom. The van der Waals surface area contributed by atoms with E-state index in [-0.39, 0.29) is 11.3 Å². The van der Waals surface area contributed by atoms with Gasteiger partial charge in [0.1, 0.15) is 11.4 Å². The minimum Gasteiger partial charge on any atom is -0.232 e. The van der Waals surface area contributed by atoms with E-state index in [4.69, 9.17) is 0 Å². The summed E-state index contributed by atoms with van der Waals surface area (Å²) in [6.45, 7) is 3.47. The lowest BCUT2D eigenvalue weighted by atomic mass is 10.2. The van der Waals surface area contributed by atoms with Crippen LogP contribution in [0, 0.1) is 13.8 Å². The minimum atomic E-state index is -2.94. The number of fused-ring (bicyclic) bond motifs is 3. The Balaban J connectivity index is 2.49. The van der Waals surface area contributed by atoms with Gasteiger partial charge in [0, 0.05) is 5.69 Å². The van der Waals surface area contributed by atoms with Gasteiger partial charge in [0.05, 0.1) is 5.39 Å². The molecule has 0 amide bonds. The standard InChI is InChI=1S/C13H10F4N4/c1-5-3-6(2)18-12-9(5)13-19-7(10(14)15)4-8(11(16)17)21(13)20-12/h3-4,10-11H,1-2H3. The van der Waals surface area contributed by atoms with E-state index >= 15 is 0 Å². The normalized spacial score (nSPS) is 12.2. The molecule has 0 spiro atoms. The van der Waals surface area contributed by atoms with Gasteiger partial charge in [-0.3, -0.25) is 0 Å². The maximum Gasteiger partial charge on any atom is 0.280 e. The molecule has 0 saturated heterocycles. The van der Waals surface area contributed by atoms with E-state index < -0.39 is 24.2 Å². The molecule has 0 aliphatic carbocycles. The zero-order chi connectivity index (χ0) is 15.3. The summed E-state index contributed by atoms with van der Waals surface area (Å²) >= 11 is 0. The molecule has 3 aromatic rings. The predicted molar refractivity (Wildman–Crippen MR) is 67.7 cm³/mol. The Morgan fingerprint density at radius 2 is 1.71 bits per heavy atom. The summed E-state index contributed by atoms with van der Waals surface area (Å²) in [6.07, 6.45) is -5.88. The number of aromatic nitrogens is 4. The molecule has 0 aromatic carbocycles. The van der Waals surface area contributed by atoms with Crippen LogP contribution in [0.25, 0.3) is 16.7 Å². The molecular formula is C13H10F4N4. The largest absolute Gasteiger partial charge is 0.280 e. The second kappa shape index (κ2) is 4.64. The fourth-order valence-electron chi connectivity index (χ4n) is 2.33. The number of rotatable bonds is 2. The minimum absolute atomic E-state index is 0.0249. The number of nitrogens with zero attached hydrogens (tertiary/aromatic N) is 4. The third-order valence-corrected chi connectivity index (χ3v) is 3.17. The van der Waals surface area contributed by atoms with Crippen LogP contribution in [-0.4, -0.2) is 19.6 Å². The fourth-order valence-corrected chi connectivity index (χ4v) is 2.33. The van der Waals surface area contributed by atoms with Crippen molar-refractivity contribution in [1.29, 1.82) is 0 Å². The van der Waals surface area contributed by atoms with Crippen LogP contribution >= 0.6 is 0 Å². The van der Waals surface area contributed by atoms with Gasteiger partial charge in [0.2, 0.25) is 0 Å². The Kier molecular flexibility index (Phi) is 3.03. The van der Waals surface area contributed by atoms with Gasteiger partial charge in [-0.25, -0.2) is 32.0 Å². The van der Waals surface area contributed by atoms with Crippen molar-refractivity contribution >= 4 is 16.7 Å². The molecule has 0 N–H and O–H groups in total. The average Bonchev–Trinajstić information content (AvgIpc) is 2.74. The average molecular weight is 298 g/mol. The molecule has 3 rings (SSSR count). The van der Waals surface area contributed by atoms with Crippen LogP contribution in [0.1, 0.15) is 35.5 Å². The van der Waals surface area contributed by atoms with Gasteiger partial charge >= 0.3 is 0 Å². The molecule has 0 bridgehead atoms. The van der Waals surface area contributed by atoms with Crippen molar-refractivity contribution in [2.45, 2.75) is 26.7 Å². The van der Waals surface area contributed by atoms with Crippen molar-refractivity contribution in [3.63, 3.8) is 0 Å². The van der Waals surface area contributed by atoms with Gasteiger partial charge in [0.15, 0.2) is 11.3 Å². The molecule has 4 nitrogen and oxygen atoms in total. The molecule has 8 heteroatoms. The van der Waals surface area contributed by atoms with Crippen LogP contribution in [0.15, 0.2) is 12.1 Å². The highest BCUT2D eigenvalue weighted by Crippen LogP contribution is 2.29. The summed E-state index contributed by atoms with van der Waals surface area (Å²) < 4.78 is 52.8. The van der Waals surface area contributed by atoms with Crippen LogP contribution in [0.5, 0.6) is 0 Å². The molecule has 0 aliphatic heterocycles. The van der Waals surface area contributed by atoms with Gasteiger partial charge < -0.3 is 0 Å². The maximum absolute atomic E-state index is 13.1. The summed E-state index contributed by atoms with van der Waals surface area (Å²) in [5.41, 5.74) is 0.240. The molecule has 0 atom stereocenters. The zero-order valence-corrected chi connectivity index (χ0v) is 11.1. The molecule has 0 radical (unpaired) electrons. The van der Waals surface area contributed by atoms with Crippen molar-refractivity contribution in [3.05, 3.63) is 34.8 Å². The van der Waals surface area contributed by atoms with Crippen LogP contribution < -0.4 is 0 Å². The molecule has 0 saturated carbocycles. The van der Waals surface area contributed by atoms with Gasteiger partial charge in [-0.15, -0.1) is 5.10 Å². The smallest absolute Gasteiger partial charge is 0.232 e. The van der Waals surface area contributed by atoms with Crippen molar-refractivity contribution in [1.82, 2.24) is 19.6 Å². The molecule has 0 unspecified atom stereocenters. The zero-order valence-electron chi connectivity index (χ0n) is 11.1. The van der Waals surface area contributed by atoms with Crippen molar-refractivity contribution < 1.29 is 17.6 Å². The monoisotopic (exact) mass is 298 g/mol. The van der Waals surface area contributed by atoms with Crippen LogP contribution in [0.4, 0.5) is 17.6 Å². The van der Waals surface area contributed by atoms with E-state index in [1.807, 2.05) is 0 Å². The summed E-state index contributed by atoms with van der Waals surface area (Å²) in [5.74, 6) is 0. The number of hydrogen-bond acceptors (Lipinski definition) is 3. The number of alkyl halides is 4. The van der Waals surface area contributed by atoms with E-state index in [0.717, 1.165) is 4.52 Å². The summed E-state index contributed by atoms with van der Waals surface area (Å²) in [6, 6.07) is 2.40.